The highest BCUT2D eigenvalue weighted by atomic mass is 19.1. The van der Waals surface area contributed by atoms with Crippen molar-refractivity contribution >= 4 is 23.2 Å². The summed E-state index contributed by atoms with van der Waals surface area (Å²) in [5, 5.41) is 3.07. The molecule has 0 unspecified atom stereocenters. The van der Waals surface area contributed by atoms with Gasteiger partial charge in [0.2, 0.25) is 5.91 Å². The molecule has 4 nitrogen and oxygen atoms in total. The van der Waals surface area contributed by atoms with Gasteiger partial charge in [-0.1, -0.05) is 18.2 Å². The van der Waals surface area contributed by atoms with Crippen LogP contribution in [0.2, 0.25) is 0 Å². The van der Waals surface area contributed by atoms with E-state index in [1.807, 2.05) is 32.0 Å². The third kappa shape index (κ3) is 2.82. The summed E-state index contributed by atoms with van der Waals surface area (Å²) >= 11 is 0. The van der Waals surface area contributed by atoms with Crippen LogP contribution in [0, 0.1) is 19.7 Å². The van der Waals surface area contributed by atoms with Gasteiger partial charge in [-0.15, -0.1) is 0 Å². The third-order valence-corrected chi connectivity index (χ3v) is 4.09. The van der Waals surface area contributed by atoms with Crippen molar-refractivity contribution in [1.29, 1.82) is 0 Å². The van der Waals surface area contributed by atoms with Crippen LogP contribution in [0.4, 0.5) is 15.8 Å². The van der Waals surface area contributed by atoms with Crippen LogP contribution in [-0.2, 0) is 9.59 Å². The van der Waals surface area contributed by atoms with E-state index in [4.69, 9.17) is 0 Å². The van der Waals surface area contributed by atoms with Gasteiger partial charge in [-0.05, 0) is 49.2 Å². The number of aryl methyl sites for hydroxylation is 2. The van der Waals surface area contributed by atoms with Gasteiger partial charge in [-0.3, -0.25) is 9.59 Å². The summed E-state index contributed by atoms with van der Waals surface area (Å²) in [6.07, 6.45) is 0.0140. The monoisotopic (exact) mass is 312 g/mol. The number of nitrogens with zero attached hydrogens (tertiary/aromatic N) is 1. The molecule has 23 heavy (non-hydrogen) atoms. The second kappa shape index (κ2) is 5.83. The van der Waals surface area contributed by atoms with Crippen LogP contribution in [-0.4, -0.2) is 17.9 Å². The number of carbonyl (C=O) groups excluding carboxylic acids is 2. The Bertz CT molecular complexity index is 788. The van der Waals surface area contributed by atoms with Gasteiger partial charge in [0, 0.05) is 5.69 Å². The molecule has 1 N–H and O–H groups in total. The highest BCUT2D eigenvalue weighted by Gasteiger charge is 2.40. The minimum Gasteiger partial charge on any atom is -0.373 e. The molecular weight excluding hydrogens is 295 g/mol. The number of halogens is 1. The fraction of sp³-hybridized carbons (Fsp3) is 0.222. The fourth-order valence-corrected chi connectivity index (χ4v) is 2.66. The van der Waals surface area contributed by atoms with Crippen LogP contribution < -0.4 is 10.2 Å². The molecule has 1 aliphatic rings. The fourth-order valence-electron chi connectivity index (χ4n) is 2.66. The van der Waals surface area contributed by atoms with Gasteiger partial charge in [0.05, 0.1) is 12.1 Å². The molecule has 1 fully saturated rings. The van der Waals surface area contributed by atoms with E-state index in [-0.39, 0.29) is 12.1 Å². The summed E-state index contributed by atoms with van der Waals surface area (Å²) in [6.45, 7) is 3.98. The Morgan fingerprint density at radius 3 is 2.52 bits per heavy atom. The van der Waals surface area contributed by atoms with Crippen LogP contribution in [0.15, 0.2) is 42.5 Å². The molecule has 0 spiro atoms. The Balaban J connectivity index is 1.84. The number of hydrogen-bond acceptors (Lipinski definition) is 3. The lowest BCUT2D eigenvalue weighted by Crippen LogP contribution is -2.35. The first-order chi connectivity index (χ1) is 11.0. The smallest absolute Gasteiger partial charge is 0.256 e. The van der Waals surface area contributed by atoms with E-state index in [0.29, 0.717) is 0 Å². The standard InChI is InChI=1S/C18H17FN2O2/c1-11-7-8-13(9-12(11)2)20-15-10-17(22)21(18(15)23)16-6-4-3-5-14(16)19/h3-9,15,20H,10H2,1-2H3/t15-/m0/s1. The van der Waals surface area contributed by atoms with E-state index >= 15 is 0 Å². The van der Waals surface area contributed by atoms with Crippen molar-refractivity contribution in [3.63, 3.8) is 0 Å². The highest BCUT2D eigenvalue weighted by molar-refractivity contribution is 6.23. The van der Waals surface area contributed by atoms with E-state index < -0.39 is 23.7 Å². The maximum absolute atomic E-state index is 13.9. The number of benzene rings is 2. The molecule has 1 saturated heterocycles. The van der Waals surface area contributed by atoms with E-state index in [1.54, 1.807) is 6.07 Å². The molecule has 2 amide bonds. The van der Waals surface area contributed by atoms with Gasteiger partial charge >= 0.3 is 0 Å². The van der Waals surface area contributed by atoms with E-state index in [0.717, 1.165) is 21.7 Å². The predicted octanol–water partition coefficient (Wildman–Crippen LogP) is 3.19. The van der Waals surface area contributed by atoms with Crippen LogP contribution >= 0.6 is 0 Å². The number of hydrogen-bond donors (Lipinski definition) is 1. The predicted molar refractivity (Wildman–Crippen MR) is 86.8 cm³/mol. The van der Waals surface area contributed by atoms with Crippen molar-refractivity contribution in [2.24, 2.45) is 0 Å². The number of imide groups is 1. The van der Waals surface area contributed by atoms with Gasteiger partial charge in [0.1, 0.15) is 11.9 Å². The lowest BCUT2D eigenvalue weighted by atomic mass is 10.1. The zero-order valence-electron chi connectivity index (χ0n) is 13.0. The van der Waals surface area contributed by atoms with Gasteiger partial charge in [-0.25, -0.2) is 9.29 Å². The number of rotatable bonds is 3. The lowest BCUT2D eigenvalue weighted by Gasteiger charge is -2.17. The minimum absolute atomic E-state index is 0.00638. The van der Waals surface area contributed by atoms with Crippen molar-refractivity contribution in [1.82, 2.24) is 0 Å². The quantitative estimate of drug-likeness (QED) is 0.886. The molecule has 1 aliphatic heterocycles. The summed E-state index contributed by atoms with van der Waals surface area (Å²) in [4.78, 5) is 25.6. The molecule has 0 aromatic heterocycles. The molecule has 1 heterocycles. The summed E-state index contributed by atoms with van der Waals surface area (Å²) in [5.74, 6) is -1.42. The molecular formula is C18H17FN2O2. The molecule has 1 atom stereocenters. The van der Waals surface area contributed by atoms with Gasteiger partial charge in [0.15, 0.2) is 0 Å². The Hall–Kier alpha value is -2.69. The first-order valence-electron chi connectivity index (χ1n) is 7.42. The maximum atomic E-state index is 13.9. The Morgan fingerprint density at radius 1 is 1.09 bits per heavy atom. The highest BCUT2D eigenvalue weighted by Crippen LogP contribution is 2.27. The average Bonchev–Trinajstić information content (AvgIpc) is 2.78. The molecule has 118 valence electrons. The van der Waals surface area contributed by atoms with Crippen molar-refractivity contribution in [2.75, 3.05) is 10.2 Å². The molecule has 0 radical (unpaired) electrons. The van der Waals surface area contributed by atoms with Crippen LogP contribution in [0.25, 0.3) is 0 Å². The summed E-state index contributed by atoms with van der Waals surface area (Å²) < 4.78 is 13.9. The first kappa shape index (κ1) is 15.2. The van der Waals surface area contributed by atoms with Crippen molar-refractivity contribution in [3.05, 3.63) is 59.4 Å². The van der Waals surface area contributed by atoms with Crippen LogP contribution in [0.5, 0.6) is 0 Å². The van der Waals surface area contributed by atoms with Crippen LogP contribution in [0.3, 0.4) is 0 Å². The van der Waals surface area contributed by atoms with E-state index in [9.17, 15) is 14.0 Å². The first-order valence-corrected chi connectivity index (χ1v) is 7.42. The van der Waals surface area contributed by atoms with Crippen molar-refractivity contribution < 1.29 is 14.0 Å². The zero-order valence-corrected chi connectivity index (χ0v) is 13.0. The second-order valence-corrected chi connectivity index (χ2v) is 5.72. The third-order valence-electron chi connectivity index (χ3n) is 4.09. The molecule has 0 saturated carbocycles. The molecule has 2 aromatic rings. The van der Waals surface area contributed by atoms with Gasteiger partial charge in [-0.2, -0.15) is 0 Å². The van der Waals surface area contributed by atoms with E-state index in [2.05, 4.69) is 5.32 Å². The molecule has 5 heteroatoms. The molecule has 3 rings (SSSR count). The second-order valence-electron chi connectivity index (χ2n) is 5.72. The van der Waals surface area contributed by atoms with Crippen LogP contribution in [0.1, 0.15) is 17.5 Å². The Morgan fingerprint density at radius 2 is 1.83 bits per heavy atom. The van der Waals surface area contributed by atoms with Crippen molar-refractivity contribution in [2.45, 2.75) is 26.3 Å². The van der Waals surface area contributed by atoms with Gasteiger partial charge < -0.3 is 5.32 Å². The largest absolute Gasteiger partial charge is 0.373 e. The summed E-state index contributed by atoms with van der Waals surface area (Å²) in [5.41, 5.74) is 3.02. The average molecular weight is 312 g/mol. The van der Waals surface area contributed by atoms with E-state index in [1.165, 1.54) is 18.2 Å². The number of anilines is 2. The Labute approximate surface area is 133 Å². The molecule has 0 bridgehead atoms. The number of para-hydroxylation sites is 1. The molecule has 0 aliphatic carbocycles. The lowest BCUT2D eigenvalue weighted by molar-refractivity contribution is -0.121. The maximum Gasteiger partial charge on any atom is 0.256 e. The summed E-state index contributed by atoms with van der Waals surface area (Å²) in [7, 11) is 0. The number of nitrogens with one attached hydrogen (secondary N) is 1. The summed E-state index contributed by atoms with van der Waals surface area (Å²) in [6, 6.07) is 10.9. The van der Waals surface area contributed by atoms with Crippen molar-refractivity contribution in [3.8, 4) is 0 Å². The Kier molecular flexibility index (Phi) is 3.86. The normalized spacial score (nSPS) is 17.7. The SMILES string of the molecule is Cc1ccc(N[C@H]2CC(=O)N(c3ccccc3F)C2=O)cc1C. The molecule has 2 aromatic carbocycles. The van der Waals surface area contributed by atoms with Gasteiger partial charge in [0.25, 0.3) is 5.91 Å². The zero-order chi connectivity index (χ0) is 16.6. The minimum atomic E-state index is -0.677. The number of carbonyl (C=O) groups is 2. The topological polar surface area (TPSA) is 49.4 Å². The number of amides is 2.